The standard InChI is InChI=1S/C21H21ClN6O4.C2H6/c1-28-14-5-3-2-4-10(14)13(27-28)7-23-19-11(22)6-12-20(25-19)26-21(24-12)32-16-9-31-17-15(29)8-30-18(16)17;1-2/h2-6,15-18,29H,7-9H2,1H3,(H2,23,24,25,26);1-2H3/t15-,16-,17-,18-;/m1./s1. The second kappa shape index (κ2) is 9.38. The van der Waals surface area contributed by atoms with E-state index in [1.807, 2.05) is 49.8 Å². The molecule has 0 unspecified atom stereocenters. The van der Waals surface area contributed by atoms with Gasteiger partial charge in [0, 0.05) is 12.4 Å². The van der Waals surface area contributed by atoms with Gasteiger partial charge in [-0.2, -0.15) is 10.1 Å². The number of aromatic amines is 1. The number of ether oxygens (including phenoxy) is 3. The highest BCUT2D eigenvalue weighted by Crippen LogP contribution is 2.31. The van der Waals surface area contributed by atoms with Crippen LogP contribution in [0.1, 0.15) is 19.5 Å². The average molecular weight is 487 g/mol. The van der Waals surface area contributed by atoms with Crippen LogP contribution in [0, 0.1) is 0 Å². The minimum atomic E-state index is -0.630. The third-order valence-electron chi connectivity index (χ3n) is 5.91. The Hall–Kier alpha value is -2.92. The van der Waals surface area contributed by atoms with Crippen LogP contribution in [-0.4, -0.2) is 67.5 Å². The average Bonchev–Trinajstić information content (AvgIpc) is 3.60. The number of H-pyrrole nitrogens is 1. The molecule has 34 heavy (non-hydrogen) atoms. The zero-order chi connectivity index (χ0) is 23.8. The third kappa shape index (κ3) is 4.07. The molecule has 11 heteroatoms. The Labute approximate surface area is 201 Å². The molecule has 0 amide bonds. The molecule has 2 aliphatic heterocycles. The Kier molecular flexibility index (Phi) is 6.30. The van der Waals surface area contributed by atoms with Gasteiger partial charge in [0.05, 0.1) is 41.5 Å². The molecule has 6 rings (SSSR count). The first kappa shape index (κ1) is 22.9. The quantitative estimate of drug-likeness (QED) is 0.394. The van der Waals surface area contributed by atoms with Gasteiger partial charge in [0.15, 0.2) is 11.8 Å². The first-order valence-electron chi connectivity index (χ1n) is 11.4. The molecule has 3 N–H and O–H groups in total. The molecule has 10 nitrogen and oxygen atoms in total. The molecule has 4 atom stereocenters. The zero-order valence-corrected chi connectivity index (χ0v) is 19.9. The second-order valence-corrected chi connectivity index (χ2v) is 8.40. The lowest BCUT2D eigenvalue weighted by molar-refractivity contribution is 0.00706. The summed E-state index contributed by atoms with van der Waals surface area (Å²) >= 11 is 6.45. The van der Waals surface area contributed by atoms with Crippen molar-refractivity contribution in [1.29, 1.82) is 0 Å². The number of pyridine rings is 1. The van der Waals surface area contributed by atoms with Crippen molar-refractivity contribution in [3.05, 3.63) is 41.0 Å². The molecule has 3 aromatic heterocycles. The summed E-state index contributed by atoms with van der Waals surface area (Å²) < 4.78 is 19.0. The second-order valence-electron chi connectivity index (χ2n) is 7.99. The van der Waals surface area contributed by atoms with E-state index >= 15 is 0 Å². The van der Waals surface area contributed by atoms with Crippen molar-refractivity contribution < 1.29 is 19.3 Å². The number of aryl methyl sites for hydroxylation is 1. The molecule has 0 bridgehead atoms. The minimum absolute atomic E-state index is 0.243. The predicted octanol–water partition coefficient (Wildman–Crippen LogP) is 3.04. The number of anilines is 1. The molecule has 4 aromatic rings. The van der Waals surface area contributed by atoms with Gasteiger partial charge in [-0.05, 0) is 12.1 Å². The number of aromatic nitrogens is 5. The van der Waals surface area contributed by atoms with Gasteiger partial charge in [-0.25, -0.2) is 4.98 Å². The Bertz CT molecular complexity index is 1310. The van der Waals surface area contributed by atoms with Gasteiger partial charge in [0.1, 0.15) is 24.1 Å². The summed E-state index contributed by atoms with van der Waals surface area (Å²) in [5.41, 5.74) is 3.09. The monoisotopic (exact) mass is 486 g/mol. The number of hydrogen-bond acceptors (Lipinski definition) is 8. The van der Waals surface area contributed by atoms with Gasteiger partial charge >= 0.3 is 0 Å². The maximum Gasteiger partial charge on any atom is 0.296 e. The van der Waals surface area contributed by atoms with Crippen molar-refractivity contribution >= 4 is 39.5 Å². The summed E-state index contributed by atoms with van der Waals surface area (Å²) in [5.74, 6) is 0.512. The fourth-order valence-corrected chi connectivity index (χ4v) is 4.57. The largest absolute Gasteiger partial charge is 0.456 e. The highest BCUT2D eigenvalue weighted by molar-refractivity contribution is 6.33. The van der Waals surface area contributed by atoms with Crippen molar-refractivity contribution in [2.75, 3.05) is 18.5 Å². The number of halogens is 1. The fraction of sp³-hybridized carbons (Fsp3) is 0.435. The van der Waals surface area contributed by atoms with Crippen molar-refractivity contribution in [3.63, 3.8) is 0 Å². The zero-order valence-electron chi connectivity index (χ0n) is 19.2. The molecule has 0 aliphatic carbocycles. The van der Waals surface area contributed by atoms with Gasteiger partial charge in [-0.3, -0.25) is 4.68 Å². The number of nitrogens with zero attached hydrogens (tertiary/aromatic N) is 4. The Morgan fingerprint density at radius 2 is 2.00 bits per heavy atom. The highest BCUT2D eigenvalue weighted by atomic mass is 35.5. The van der Waals surface area contributed by atoms with Gasteiger partial charge in [-0.15, -0.1) is 0 Å². The number of imidazole rings is 1. The van der Waals surface area contributed by atoms with Crippen LogP contribution >= 0.6 is 11.6 Å². The van der Waals surface area contributed by atoms with E-state index in [9.17, 15) is 5.11 Å². The van der Waals surface area contributed by atoms with E-state index < -0.39 is 6.10 Å². The van der Waals surface area contributed by atoms with Crippen LogP contribution in [0.4, 0.5) is 5.82 Å². The van der Waals surface area contributed by atoms with E-state index in [4.69, 9.17) is 25.8 Å². The summed E-state index contributed by atoms with van der Waals surface area (Å²) in [6.07, 6.45) is -1.67. The van der Waals surface area contributed by atoms with Crippen LogP contribution in [0.3, 0.4) is 0 Å². The number of para-hydroxylation sites is 1. The first-order chi connectivity index (χ1) is 16.6. The lowest BCUT2D eigenvalue weighted by Gasteiger charge is -2.15. The van der Waals surface area contributed by atoms with Crippen LogP contribution in [0.15, 0.2) is 30.3 Å². The van der Waals surface area contributed by atoms with Crippen molar-refractivity contribution in [3.8, 4) is 6.01 Å². The summed E-state index contributed by atoms with van der Waals surface area (Å²) in [4.78, 5) is 12.1. The molecule has 5 heterocycles. The third-order valence-corrected chi connectivity index (χ3v) is 6.20. The summed E-state index contributed by atoms with van der Waals surface area (Å²) in [6.45, 7) is 5.03. The molecule has 0 spiro atoms. The number of rotatable bonds is 5. The van der Waals surface area contributed by atoms with Crippen molar-refractivity contribution in [1.82, 2.24) is 24.7 Å². The Morgan fingerprint density at radius 1 is 1.21 bits per heavy atom. The minimum Gasteiger partial charge on any atom is -0.456 e. The number of aliphatic hydroxyl groups excluding tert-OH is 1. The molecule has 1 aromatic carbocycles. The van der Waals surface area contributed by atoms with Gasteiger partial charge in [-0.1, -0.05) is 43.6 Å². The van der Waals surface area contributed by atoms with E-state index in [1.165, 1.54) is 0 Å². The maximum atomic E-state index is 9.88. The van der Waals surface area contributed by atoms with Gasteiger partial charge in [0.2, 0.25) is 0 Å². The number of aliphatic hydroxyl groups is 1. The van der Waals surface area contributed by atoms with E-state index in [-0.39, 0.29) is 24.9 Å². The molecule has 0 saturated carbocycles. The van der Waals surface area contributed by atoms with E-state index in [2.05, 4.69) is 25.4 Å². The summed E-state index contributed by atoms with van der Waals surface area (Å²) in [7, 11) is 1.92. The van der Waals surface area contributed by atoms with E-state index in [0.29, 0.717) is 41.2 Å². The Balaban J connectivity index is 0.00000117. The van der Waals surface area contributed by atoms with Crippen LogP contribution in [0.2, 0.25) is 5.02 Å². The smallest absolute Gasteiger partial charge is 0.296 e. The topological polar surface area (TPSA) is 119 Å². The SMILES string of the molecule is CC.Cn1nc(CNc2nc3nc(O[C@@H]4CO[C@H]5[C@@H]4OC[C@H]5O)[nH]c3cc2Cl)c2ccccc21. The van der Waals surface area contributed by atoms with Crippen LogP contribution in [-0.2, 0) is 23.1 Å². The predicted molar refractivity (Wildman–Crippen MR) is 128 cm³/mol. The summed E-state index contributed by atoms with van der Waals surface area (Å²) in [5, 5.41) is 19.3. The van der Waals surface area contributed by atoms with Crippen LogP contribution in [0.5, 0.6) is 6.01 Å². The number of hydrogen-bond donors (Lipinski definition) is 3. The van der Waals surface area contributed by atoms with E-state index in [1.54, 1.807) is 6.07 Å². The lowest BCUT2D eigenvalue weighted by atomic mass is 10.1. The molecule has 2 saturated heterocycles. The first-order valence-corrected chi connectivity index (χ1v) is 11.7. The van der Waals surface area contributed by atoms with Gasteiger partial charge < -0.3 is 29.6 Å². The van der Waals surface area contributed by atoms with Crippen molar-refractivity contribution in [2.24, 2.45) is 7.05 Å². The number of benzene rings is 1. The highest BCUT2D eigenvalue weighted by Gasteiger charge is 2.48. The van der Waals surface area contributed by atoms with Crippen LogP contribution < -0.4 is 10.1 Å². The van der Waals surface area contributed by atoms with E-state index in [0.717, 1.165) is 16.6 Å². The lowest BCUT2D eigenvalue weighted by Crippen LogP contribution is -2.34. The van der Waals surface area contributed by atoms with Gasteiger partial charge in [0.25, 0.3) is 6.01 Å². The molecule has 2 fully saturated rings. The Morgan fingerprint density at radius 3 is 2.85 bits per heavy atom. The fourth-order valence-electron chi connectivity index (χ4n) is 4.35. The van der Waals surface area contributed by atoms with Crippen molar-refractivity contribution in [2.45, 2.75) is 44.8 Å². The van der Waals surface area contributed by atoms with Crippen LogP contribution in [0.25, 0.3) is 22.1 Å². The molecule has 0 radical (unpaired) electrons. The maximum absolute atomic E-state index is 9.88. The normalized spacial score (nSPS) is 23.7. The molecule has 180 valence electrons. The number of nitrogens with one attached hydrogen (secondary N) is 2. The molecular weight excluding hydrogens is 460 g/mol. The number of fused-ring (bicyclic) bond motifs is 3. The molecule has 2 aliphatic rings. The summed E-state index contributed by atoms with van der Waals surface area (Å²) in [6, 6.07) is 10.1. The molecular formula is C23H27ClN6O4.